The van der Waals surface area contributed by atoms with Crippen molar-refractivity contribution in [2.24, 2.45) is 0 Å². The van der Waals surface area contributed by atoms with Gasteiger partial charge in [0.05, 0.1) is 17.8 Å². The van der Waals surface area contributed by atoms with Gasteiger partial charge in [0, 0.05) is 17.1 Å². The van der Waals surface area contributed by atoms with Crippen molar-refractivity contribution in [3.8, 4) is 5.75 Å². The maximum Gasteiger partial charge on any atom is 0.251 e. The van der Waals surface area contributed by atoms with E-state index in [1.54, 1.807) is 30.3 Å². The Labute approximate surface area is 140 Å². The maximum absolute atomic E-state index is 12.2. The highest BCUT2D eigenvalue weighted by Gasteiger charge is 2.15. The van der Waals surface area contributed by atoms with Gasteiger partial charge in [-0.3, -0.25) is 4.79 Å². The Morgan fingerprint density at radius 3 is 2.48 bits per heavy atom. The van der Waals surface area contributed by atoms with E-state index in [0.717, 1.165) is 0 Å². The zero-order valence-electron chi connectivity index (χ0n) is 12.5. The van der Waals surface area contributed by atoms with Gasteiger partial charge in [0.2, 0.25) is 0 Å². The van der Waals surface area contributed by atoms with E-state index in [-0.39, 0.29) is 23.1 Å². The fourth-order valence-corrected chi connectivity index (χ4v) is 3.28. The smallest absolute Gasteiger partial charge is 0.251 e. The minimum atomic E-state index is -3.47. The van der Waals surface area contributed by atoms with Crippen molar-refractivity contribution in [2.75, 3.05) is 19.4 Å². The number of nitrogens with one attached hydrogen (secondary N) is 1. The third-order valence-corrected chi connectivity index (χ3v) is 5.13. The fourth-order valence-electron chi connectivity index (χ4n) is 1.93. The van der Waals surface area contributed by atoms with Crippen molar-refractivity contribution < 1.29 is 17.9 Å². The standard InChI is InChI=1S/C16H16ClNO4S/c1-22-14-5-7-15(8-6-14)23(20,21)10-9-18-16(19)12-3-2-4-13(17)11-12/h2-8,11H,9-10H2,1H3,(H,18,19). The number of carbonyl (C=O) groups is 1. The topological polar surface area (TPSA) is 72.5 Å². The molecule has 0 atom stereocenters. The van der Waals surface area contributed by atoms with E-state index < -0.39 is 9.84 Å². The zero-order chi connectivity index (χ0) is 16.9. The third kappa shape index (κ3) is 4.71. The van der Waals surface area contributed by atoms with E-state index in [2.05, 4.69) is 5.32 Å². The van der Waals surface area contributed by atoms with Crippen LogP contribution in [0.3, 0.4) is 0 Å². The first-order chi connectivity index (χ1) is 10.9. The number of rotatable bonds is 6. The Balaban J connectivity index is 1.95. The Kier molecular flexibility index (Phi) is 5.63. The quantitative estimate of drug-likeness (QED) is 0.866. The molecule has 7 heteroatoms. The molecule has 0 heterocycles. The van der Waals surface area contributed by atoms with Crippen molar-refractivity contribution in [2.45, 2.75) is 4.90 Å². The summed E-state index contributed by atoms with van der Waals surface area (Å²) >= 11 is 5.81. The second-order valence-electron chi connectivity index (χ2n) is 4.76. The SMILES string of the molecule is COc1ccc(S(=O)(=O)CCNC(=O)c2cccc(Cl)c2)cc1. The molecule has 122 valence electrons. The number of amides is 1. The summed E-state index contributed by atoms with van der Waals surface area (Å²) in [6.45, 7) is 0.0136. The van der Waals surface area contributed by atoms with Gasteiger partial charge in [-0.1, -0.05) is 17.7 Å². The van der Waals surface area contributed by atoms with Crippen LogP contribution in [0.4, 0.5) is 0 Å². The fraction of sp³-hybridized carbons (Fsp3) is 0.188. The Bertz CT molecular complexity index is 788. The summed E-state index contributed by atoms with van der Waals surface area (Å²) in [5.74, 6) is 0.0293. The average Bonchev–Trinajstić information content (AvgIpc) is 2.54. The van der Waals surface area contributed by atoms with Crippen LogP contribution in [-0.2, 0) is 9.84 Å². The van der Waals surface area contributed by atoms with Crippen LogP contribution in [0.1, 0.15) is 10.4 Å². The number of carbonyl (C=O) groups excluding carboxylic acids is 1. The van der Waals surface area contributed by atoms with Crippen LogP contribution in [0.25, 0.3) is 0 Å². The van der Waals surface area contributed by atoms with E-state index in [4.69, 9.17) is 16.3 Å². The highest BCUT2D eigenvalue weighted by molar-refractivity contribution is 7.91. The van der Waals surface area contributed by atoms with E-state index in [1.807, 2.05) is 0 Å². The summed E-state index contributed by atoms with van der Waals surface area (Å²) in [4.78, 5) is 12.1. The molecule has 0 bridgehead atoms. The van der Waals surface area contributed by atoms with Crippen LogP contribution in [0, 0.1) is 0 Å². The lowest BCUT2D eigenvalue weighted by atomic mass is 10.2. The lowest BCUT2D eigenvalue weighted by molar-refractivity contribution is 0.0956. The molecule has 0 spiro atoms. The van der Waals surface area contributed by atoms with Crippen molar-refractivity contribution in [3.05, 3.63) is 59.1 Å². The lowest BCUT2D eigenvalue weighted by Crippen LogP contribution is -2.29. The van der Waals surface area contributed by atoms with Crippen LogP contribution < -0.4 is 10.1 Å². The maximum atomic E-state index is 12.2. The summed E-state index contributed by atoms with van der Waals surface area (Å²) < 4.78 is 29.4. The highest BCUT2D eigenvalue weighted by atomic mass is 35.5. The molecule has 0 unspecified atom stereocenters. The van der Waals surface area contributed by atoms with E-state index in [0.29, 0.717) is 16.3 Å². The molecule has 5 nitrogen and oxygen atoms in total. The van der Waals surface area contributed by atoms with Crippen molar-refractivity contribution in [1.82, 2.24) is 5.32 Å². The van der Waals surface area contributed by atoms with E-state index in [9.17, 15) is 13.2 Å². The Hall–Kier alpha value is -2.05. The first kappa shape index (κ1) is 17.3. The van der Waals surface area contributed by atoms with E-state index >= 15 is 0 Å². The average molecular weight is 354 g/mol. The van der Waals surface area contributed by atoms with Crippen LogP contribution >= 0.6 is 11.6 Å². The third-order valence-electron chi connectivity index (χ3n) is 3.16. The van der Waals surface area contributed by atoms with Crippen molar-refractivity contribution in [1.29, 1.82) is 0 Å². The number of ether oxygens (including phenoxy) is 1. The molecule has 0 saturated heterocycles. The van der Waals surface area contributed by atoms with Crippen molar-refractivity contribution in [3.63, 3.8) is 0 Å². The monoisotopic (exact) mass is 353 g/mol. The van der Waals surface area contributed by atoms with Gasteiger partial charge in [-0.05, 0) is 42.5 Å². The molecule has 0 saturated carbocycles. The molecule has 0 radical (unpaired) electrons. The van der Waals surface area contributed by atoms with Gasteiger partial charge in [0.25, 0.3) is 5.91 Å². The Morgan fingerprint density at radius 1 is 1.17 bits per heavy atom. The number of benzene rings is 2. The van der Waals surface area contributed by atoms with Gasteiger partial charge < -0.3 is 10.1 Å². The molecule has 0 fully saturated rings. The lowest BCUT2D eigenvalue weighted by Gasteiger charge is -2.07. The molecule has 2 aromatic carbocycles. The molecule has 2 aromatic rings. The highest BCUT2D eigenvalue weighted by Crippen LogP contribution is 2.16. The predicted molar refractivity (Wildman–Crippen MR) is 88.8 cm³/mol. The zero-order valence-corrected chi connectivity index (χ0v) is 14.0. The number of halogens is 1. The number of sulfone groups is 1. The number of hydrogen-bond acceptors (Lipinski definition) is 4. The minimum Gasteiger partial charge on any atom is -0.497 e. The van der Waals surface area contributed by atoms with Crippen LogP contribution in [-0.4, -0.2) is 33.7 Å². The summed E-state index contributed by atoms with van der Waals surface area (Å²) in [5, 5.41) is 3.02. The van der Waals surface area contributed by atoms with Gasteiger partial charge in [-0.2, -0.15) is 0 Å². The van der Waals surface area contributed by atoms with Gasteiger partial charge in [-0.15, -0.1) is 0 Å². The second-order valence-corrected chi connectivity index (χ2v) is 7.31. The molecule has 1 amide bonds. The first-order valence-electron chi connectivity index (χ1n) is 6.83. The van der Waals surface area contributed by atoms with Crippen LogP contribution in [0.2, 0.25) is 5.02 Å². The summed E-state index contributed by atoms with van der Waals surface area (Å²) in [6, 6.07) is 12.6. The van der Waals surface area contributed by atoms with E-state index in [1.165, 1.54) is 25.3 Å². The largest absolute Gasteiger partial charge is 0.497 e. The Morgan fingerprint density at radius 2 is 1.87 bits per heavy atom. The molecular formula is C16H16ClNO4S. The first-order valence-corrected chi connectivity index (χ1v) is 8.86. The normalized spacial score (nSPS) is 11.0. The molecule has 0 aliphatic rings. The second kappa shape index (κ2) is 7.48. The number of hydrogen-bond donors (Lipinski definition) is 1. The van der Waals surface area contributed by atoms with Gasteiger partial charge in [0.1, 0.15) is 5.75 Å². The minimum absolute atomic E-state index is 0.0136. The van der Waals surface area contributed by atoms with Crippen LogP contribution in [0.15, 0.2) is 53.4 Å². The molecule has 0 aliphatic carbocycles. The molecule has 1 N–H and O–H groups in total. The van der Waals surface area contributed by atoms with Crippen LogP contribution in [0.5, 0.6) is 5.75 Å². The van der Waals surface area contributed by atoms with Gasteiger partial charge in [0.15, 0.2) is 9.84 Å². The van der Waals surface area contributed by atoms with Crippen molar-refractivity contribution >= 4 is 27.3 Å². The van der Waals surface area contributed by atoms with Gasteiger partial charge >= 0.3 is 0 Å². The summed E-state index contributed by atoms with van der Waals surface area (Å²) in [7, 11) is -1.96. The number of methoxy groups -OCH3 is 1. The molecule has 2 rings (SSSR count). The molecule has 0 aromatic heterocycles. The molecule has 0 aliphatic heterocycles. The summed E-state index contributed by atoms with van der Waals surface area (Å²) in [6.07, 6.45) is 0. The molecular weight excluding hydrogens is 338 g/mol. The summed E-state index contributed by atoms with van der Waals surface area (Å²) in [5.41, 5.74) is 0.388. The molecule has 23 heavy (non-hydrogen) atoms. The van der Waals surface area contributed by atoms with Gasteiger partial charge in [-0.25, -0.2) is 8.42 Å². The predicted octanol–water partition coefficient (Wildman–Crippen LogP) is 2.55.